The van der Waals surface area contributed by atoms with Gasteiger partial charge in [-0.15, -0.1) is 0 Å². The maximum atomic E-state index is 12.2. The first-order chi connectivity index (χ1) is 8.56. The summed E-state index contributed by atoms with van der Waals surface area (Å²) in [5.74, 6) is 0. The van der Waals surface area contributed by atoms with Crippen molar-refractivity contribution >= 4 is 17.3 Å². The maximum absolute atomic E-state index is 12.2. The molecule has 18 heavy (non-hydrogen) atoms. The van der Waals surface area contributed by atoms with Crippen molar-refractivity contribution in [3.8, 4) is 5.69 Å². The number of benzene rings is 1. The highest BCUT2D eigenvalue weighted by molar-refractivity contribution is 6.30. The Morgan fingerprint density at radius 3 is 2.72 bits per heavy atom. The van der Waals surface area contributed by atoms with E-state index in [1.807, 2.05) is 19.2 Å². The summed E-state index contributed by atoms with van der Waals surface area (Å²) in [4.78, 5) is 12.2. The molecule has 2 N–H and O–H groups in total. The van der Waals surface area contributed by atoms with Crippen LogP contribution in [0.25, 0.3) is 5.69 Å². The van der Waals surface area contributed by atoms with Crippen molar-refractivity contribution in [2.75, 3.05) is 5.73 Å². The number of rotatable bonds is 3. The quantitative estimate of drug-likeness (QED) is 0.926. The monoisotopic (exact) mass is 265 g/mol. The van der Waals surface area contributed by atoms with Gasteiger partial charge in [0.25, 0.3) is 5.56 Å². The Labute approximate surface area is 111 Å². The third-order valence-electron chi connectivity index (χ3n) is 2.96. The molecule has 0 radical (unpaired) electrons. The average molecular weight is 266 g/mol. The summed E-state index contributed by atoms with van der Waals surface area (Å²) in [6.45, 7) is 2.06. The summed E-state index contributed by atoms with van der Waals surface area (Å²) < 4.78 is 3.35. The van der Waals surface area contributed by atoms with Crippen LogP contribution in [0.5, 0.6) is 0 Å². The van der Waals surface area contributed by atoms with E-state index >= 15 is 0 Å². The second-order valence-corrected chi connectivity index (χ2v) is 4.67. The van der Waals surface area contributed by atoms with Crippen molar-refractivity contribution in [3.05, 3.63) is 45.3 Å². The van der Waals surface area contributed by atoms with Crippen LogP contribution in [0.1, 0.15) is 19.0 Å². The minimum Gasteiger partial charge on any atom is -0.393 e. The smallest absolute Gasteiger partial charge is 0.294 e. The van der Waals surface area contributed by atoms with Crippen LogP contribution in [0.3, 0.4) is 0 Å². The van der Waals surface area contributed by atoms with Gasteiger partial charge < -0.3 is 5.73 Å². The number of anilines is 1. The van der Waals surface area contributed by atoms with E-state index in [4.69, 9.17) is 17.3 Å². The molecule has 0 saturated carbocycles. The van der Waals surface area contributed by atoms with E-state index in [1.165, 1.54) is 0 Å². The summed E-state index contributed by atoms with van der Waals surface area (Å²) in [6, 6.07) is 7.17. The minimum absolute atomic E-state index is 0.191. The van der Waals surface area contributed by atoms with Gasteiger partial charge >= 0.3 is 0 Å². The van der Waals surface area contributed by atoms with Crippen molar-refractivity contribution in [2.45, 2.75) is 19.8 Å². The lowest BCUT2D eigenvalue weighted by Crippen LogP contribution is -2.20. The SMILES string of the molecule is CCCc1c(N)c(=O)n(-c2cccc(Cl)c2)n1C. The molecule has 5 heteroatoms. The molecule has 0 aliphatic carbocycles. The van der Waals surface area contributed by atoms with Gasteiger partial charge in [0.15, 0.2) is 0 Å². The third kappa shape index (κ3) is 2.04. The number of hydrogen-bond acceptors (Lipinski definition) is 2. The third-order valence-corrected chi connectivity index (χ3v) is 3.20. The van der Waals surface area contributed by atoms with Gasteiger partial charge in [-0.3, -0.25) is 9.48 Å². The van der Waals surface area contributed by atoms with E-state index in [1.54, 1.807) is 21.5 Å². The maximum Gasteiger partial charge on any atom is 0.294 e. The highest BCUT2D eigenvalue weighted by atomic mass is 35.5. The van der Waals surface area contributed by atoms with E-state index < -0.39 is 0 Å². The molecule has 0 bridgehead atoms. The van der Waals surface area contributed by atoms with E-state index in [-0.39, 0.29) is 5.56 Å². The first kappa shape index (κ1) is 12.8. The summed E-state index contributed by atoms with van der Waals surface area (Å²) in [7, 11) is 1.84. The van der Waals surface area contributed by atoms with Gasteiger partial charge in [0.05, 0.1) is 11.4 Å². The molecule has 0 spiro atoms. The zero-order chi connectivity index (χ0) is 13.3. The number of hydrogen-bond donors (Lipinski definition) is 1. The molecule has 2 aromatic rings. The Morgan fingerprint density at radius 2 is 2.11 bits per heavy atom. The second kappa shape index (κ2) is 4.90. The van der Waals surface area contributed by atoms with Crippen molar-refractivity contribution in [1.29, 1.82) is 0 Å². The predicted octanol–water partition coefficient (Wildman–Crippen LogP) is 2.36. The Hall–Kier alpha value is -1.68. The minimum atomic E-state index is -0.191. The fourth-order valence-corrected chi connectivity index (χ4v) is 2.28. The van der Waals surface area contributed by atoms with Crippen LogP contribution in [0.2, 0.25) is 5.02 Å². The van der Waals surface area contributed by atoms with E-state index in [9.17, 15) is 4.79 Å². The van der Waals surface area contributed by atoms with Crippen molar-refractivity contribution < 1.29 is 0 Å². The molecule has 1 aromatic carbocycles. The zero-order valence-electron chi connectivity index (χ0n) is 10.5. The lowest BCUT2D eigenvalue weighted by molar-refractivity contribution is 0.610. The van der Waals surface area contributed by atoms with Gasteiger partial charge in [-0.05, 0) is 24.6 Å². The summed E-state index contributed by atoms with van der Waals surface area (Å²) in [5, 5.41) is 0.594. The van der Waals surface area contributed by atoms with Gasteiger partial charge in [0.2, 0.25) is 0 Å². The normalized spacial score (nSPS) is 10.8. The van der Waals surface area contributed by atoms with Crippen LogP contribution in [-0.4, -0.2) is 9.36 Å². The number of nitrogens with zero attached hydrogens (tertiary/aromatic N) is 2. The molecular weight excluding hydrogens is 250 g/mol. The lowest BCUT2D eigenvalue weighted by Gasteiger charge is -2.09. The summed E-state index contributed by atoms with van der Waals surface area (Å²) in [5.41, 5.74) is 7.60. The highest BCUT2D eigenvalue weighted by Gasteiger charge is 2.15. The highest BCUT2D eigenvalue weighted by Crippen LogP contribution is 2.17. The molecule has 0 atom stereocenters. The predicted molar refractivity (Wildman–Crippen MR) is 74.4 cm³/mol. The molecule has 0 unspecified atom stereocenters. The average Bonchev–Trinajstić information content (AvgIpc) is 2.54. The van der Waals surface area contributed by atoms with Crippen LogP contribution in [-0.2, 0) is 13.5 Å². The molecule has 2 rings (SSSR count). The van der Waals surface area contributed by atoms with E-state index in [0.717, 1.165) is 24.2 Å². The van der Waals surface area contributed by atoms with Gasteiger partial charge in [-0.1, -0.05) is 31.0 Å². The molecule has 0 saturated heterocycles. The summed E-state index contributed by atoms with van der Waals surface area (Å²) >= 11 is 5.95. The van der Waals surface area contributed by atoms with E-state index in [0.29, 0.717) is 10.7 Å². The Morgan fingerprint density at radius 1 is 1.39 bits per heavy atom. The van der Waals surface area contributed by atoms with Crippen LogP contribution < -0.4 is 11.3 Å². The molecule has 0 fully saturated rings. The molecule has 1 heterocycles. The Balaban J connectivity index is 2.65. The van der Waals surface area contributed by atoms with Gasteiger partial charge in [-0.25, -0.2) is 4.68 Å². The van der Waals surface area contributed by atoms with Crippen molar-refractivity contribution in [1.82, 2.24) is 9.36 Å². The van der Waals surface area contributed by atoms with Gasteiger partial charge in [0, 0.05) is 12.1 Å². The van der Waals surface area contributed by atoms with Gasteiger partial charge in [-0.2, -0.15) is 0 Å². The summed E-state index contributed by atoms with van der Waals surface area (Å²) in [6.07, 6.45) is 1.72. The number of nitrogens with two attached hydrogens (primary N) is 1. The lowest BCUT2D eigenvalue weighted by atomic mass is 10.2. The molecule has 4 nitrogen and oxygen atoms in total. The molecule has 0 amide bonds. The molecule has 1 aromatic heterocycles. The van der Waals surface area contributed by atoms with Crippen molar-refractivity contribution in [3.63, 3.8) is 0 Å². The largest absolute Gasteiger partial charge is 0.393 e. The number of aromatic nitrogens is 2. The molecule has 0 aliphatic rings. The Bertz CT molecular complexity index is 628. The van der Waals surface area contributed by atoms with Crippen molar-refractivity contribution in [2.24, 2.45) is 7.05 Å². The first-order valence-corrected chi connectivity index (χ1v) is 6.26. The number of halogens is 1. The zero-order valence-corrected chi connectivity index (χ0v) is 11.2. The van der Waals surface area contributed by atoms with Crippen LogP contribution in [0, 0.1) is 0 Å². The first-order valence-electron chi connectivity index (χ1n) is 5.88. The van der Waals surface area contributed by atoms with Crippen LogP contribution in [0.4, 0.5) is 5.69 Å². The number of nitrogen functional groups attached to an aromatic ring is 1. The van der Waals surface area contributed by atoms with Crippen LogP contribution in [0.15, 0.2) is 29.1 Å². The van der Waals surface area contributed by atoms with Crippen LogP contribution >= 0.6 is 11.6 Å². The molecule has 96 valence electrons. The molecule has 0 aliphatic heterocycles. The fraction of sp³-hybridized carbons (Fsp3) is 0.308. The fourth-order valence-electron chi connectivity index (χ4n) is 2.10. The second-order valence-electron chi connectivity index (χ2n) is 4.23. The standard InChI is InChI=1S/C13H16ClN3O/c1-3-5-11-12(15)13(18)17(16(11)2)10-7-4-6-9(14)8-10/h4,6-8H,3,5,15H2,1-2H3. The Kier molecular flexibility index (Phi) is 3.48. The van der Waals surface area contributed by atoms with E-state index in [2.05, 4.69) is 6.92 Å². The topological polar surface area (TPSA) is 53.0 Å². The van der Waals surface area contributed by atoms with Gasteiger partial charge in [0.1, 0.15) is 5.69 Å². The molecular formula is C13H16ClN3O.